The summed E-state index contributed by atoms with van der Waals surface area (Å²) in [5.41, 5.74) is 4.70. The normalized spacial score (nSPS) is 11.3. The summed E-state index contributed by atoms with van der Waals surface area (Å²) in [5, 5.41) is 5.70. The third-order valence-electron chi connectivity index (χ3n) is 6.52. The fourth-order valence-electron chi connectivity index (χ4n) is 4.93. The zero-order valence-corrected chi connectivity index (χ0v) is 24.5. The van der Waals surface area contributed by atoms with Gasteiger partial charge in [-0.15, -0.1) is 0 Å². The second-order valence-electron chi connectivity index (χ2n) is 11.3. The van der Waals surface area contributed by atoms with E-state index in [0.29, 0.717) is 29.0 Å². The molecular weight excluding hydrogens is 533 g/mol. The van der Waals surface area contributed by atoms with E-state index in [1.165, 1.54) is 12.1 Å². The minimum absolute atomic E-state index is 0.0746. The van der Waals surface area contributed by atoms with Gasteiger partial charge in [-0.1, -0.05) is 44.2 Å². The van der Waals surface area contributed by atoms with Crippen LogP contribution in [0.4, 0.5) is 20.6 Å². The lowest BCUT2D eigenvalue weighted by Crippen LogP contribution is -2.27. The first-order valence-electron chi connectivity index (χ1n) is 13.9. The number of amides is 2. The summed E-state index contributed by atoms with van der Waals surface area (Å²) in [6, 6.07) is 22.5. The molecule has 8 heteroatoms. The zero-order chi connectivity index (χ0) is 30.4. The topological polar surface area (TPSA) is 89.4 Å². The largest absolute Gasteiger partial charge is 0.444 e. The van der Waals surface area contributed by atoms with Gasteiger partial charge in [0.1, 0.15) is 17.7 Å². The van der Waals surface area contributed by atoms with E-state index in [2.05, 4.69) is 10.6 Å². The van der Waals surface area contributed by atoms with E-state index in [4.69, 9.17) is 4.74 Å². The van der Waals surface area contributed by atoms with Gasteiger partial charge in [0.05, 0.1) is 11.3 Å². The van der Waals surface area contributed by atoms with Crippen LogP contribution in [0.3, 0.4) is 0 Å². The summed E-state index contributed by atoms with van der Waals surface area (Å²) in [5.74, 6) is -0.759. The van der Waals surface area contributed by atoms with Crippen molar-refractivity contribution in [2.75, 3.05) is 10.6 Å². The molecule has 0 saturated heterocycles. The molecule has 1 aromatic heterocycles. The molecule has 0 bridgehead atoms. The Morgan fingerprint density at radius 2 is 1.48 bits per heavy atom. The predicted octanol–water partition coefficient (Wildman–Crippen LogP) is 8.27. The van der Waals surface area contributed by atoms with Gasteiger partial charge >= 0.3 is 6.09 Å². The van der Waals surface area contributed by atoms with Crippen LogP contribution in [-0.4, -0.2) is 28.5 Å². The molecule has 4 rings (SSSR count). The Balaban J connectivity index is 1.80. The minimum atomic E-state index is -0.628. The first kappa shape index (κ1) is 30.2. The fraction of sp³-hybridized carbons (Fsp3) is 0.265. The van der Waals surface area contributed by atoms with E-state index >= 15 is 0 Å². The molecule has 2 amide bonds. The number of nitrogens with zero attached hydrogens (tertiary/aromatic N) is 1. The average Bonchev–Trinajstić information content (AvgIpc) is 3.28. The smallest absolute Gasteiger partial charge is 0.412 e. The SMILES string of the molecule is CC(C)c1c(C(=O)Nc2ccc(NC(=O)OC(C)(C)C)cc2)c(-c2ccccc2)c(-c2ccc(F)cc2)n1CCC=O. The number of anilines is 2. The Bertz CT molecular complexity index is 1550. The van der Waals surface area contributed by atoms with Crippen LogP contribution in [-0.2, 0) is 16.1 Å². The van der Waals surface area contributed by atoms with Gasteiger partial charge in [0.15, 0.2) is 0 Å². The van der Waals surface area contributed by atoms with E-state index in [1.54, 1.807) is 57.2 Å². The number of rotatable bonds is 9. The van der Waals surface area contributed by atoms with Gasteiger partial charge in [-0.3, -0.25) is 10.1 Å². The van der Waals surface area contributed by atoms with Gasteiger partial charge in [0, 0.05) is 35.6 Å². The van der Waals surface area contributed by atoms with E-state index in [9.17, 15) is 18.8 Å². The average molecular weight is 570 g/mol. The molecule has 0 aliphatic carbocycles. The number of hydrogen-bond donors (Lipinski definition) is 2. The van der Waals surface area contributed by atoms with Gasteiger partial charge in [0.2, 0.25) is 0 Å². The summed E-state index contributed by atoms with van der Waals surface area (Å²) in [6.07, 6.45) is 0.538. The van der Waals surface area contributed by atoms with Crippen LogP contribution in [0.15, 0.2) is 78.9 Å². The molecule has 1 heterocycles. The molecule has 0 saturated carbocycles. The lowest BCUT2D eigenvalue weighted by atomic mass is 9.94. The highest BCUT2D eigenvalue weighted by Crippen LogP contribution is 2.42. The van der Waals surface area contributed by atoms with Crippen LogP contribution >= 0.6 is 0 Å². The third kappa shape index (κ3) is 7.13. The van der Waals surface area contributed by atoms with Crippen LogP contribution in [0.2, 0.25) is 0 Å². The molecule has 0 aliphatic rings. The minimum Gasteiger partial charge on any atom is -0.444 e. The van der Waals surface area contributed by atoms with Gasteiger partial charge < -0.3 is 19.4 Å². The van der Waals surface area contributed by atoms with Crippen molar-refractivity contribution in [3.8, 4) is 22.4 Å². The van der Waals surface area contributed by atoms with Crippen molar-refractivity contribution < 1.29 is 23.5 Å². The molecule has 4 aromatic rings. The van der Waals surface area contributed by atoms with Crippen molar-refractivity contribution in [2.45, 2.75) is 59.1 Å². The van der Waals surface area contributed by atoms with Gasteiger partial charge in [-0.05, 0) is 86.3 Å². The Morgan fingerprint density at radius 3 is 2.02 bits per heavy atom. The number of aldehydes is 1. The van der Waals surface area contributed by atoms with Gasteiger partial charge in [0.25, 0.3) is 5.91 Å². The van der Waals surface area contributed by atoms with Crippen molar-refractivity contribution in [2.24, 2.45) is 0 Å². The second kappa shape index (κ2) is 12.9. The molecular formula is C34H36FN3O4. The lowest BCUT2D eigenvalue weighted by Gasteiger charge is -2.19. The molecule has 0 fully saturated rings. The first-order chi connectivity index (χ1) is 20.0. The number of ether oxygens (including phenoxy) is 1. The standard InChI is InChI=1S/C34H36FN3O4/c1-22(2)30-29(32(40)36-26-16-18-27(19-17-26)37-33(41)42-34(3,4)5)28(23-10-7-6-8-11-23)31(38(30)20-9-21-39)24-12-14-25(35)15-13-24/h6-8,10-19,21-22H,9,20H2,1-5H3,(H,36,40)(H,37,41). The summed E-state index contributed by atoms with van der Waals surface area (Å²) < 4.78 is 21.3. The Labute approximate surface area is 245 Å². The van der Waals surface area contributed by atoms with Gasteiger partial charge in [-0.25, -0.2) is 9.18 Å². The molecule has 3 aromatic carbocycles. The molecule has 0 spiro atoms. The molecule has 42 heavy (non-hydrogen) atoms. The third-order valence-corrected chi connectivity index (χ3v) is 6.52. The van der Waals surface area contributed by atoms with E-state index in [-0.39, 0.29) is 24.1 Å². The number of carbonyl (C=O) groups excluding carboxylic acids is 3. The van der Waals surface area contributed by atoms with Crippen LogP contribution in [0, 0.1) is 5.82 Å². The molecule has 0 aliphatic heterocycles. The predicted molar refractivity (Wildman–Crippen MR) is 164 cm³/mol. The second-order valence-corrected chi connectivity index (χ2v) is 11.3. The molecule has 218 valence electrons. The molecule has 2 N–H and O–H groups in total. The van der Waals surface area contributed by atoms with Crippen molar-refractivity contribution in [1.29, 1.82) is 0 Å². The maximum atomic E-state index is 14.1. The highest BCUT2D eigenvalue weighted by Gasteiger charge is 2.30. The quantitative estimate of drug-likeness (QED) is 0.199. The first-order valence-corrected chi connectivity index (χ1v) is 13.9. The number of halogens is 1. The van der Waals surface area contributed by atoms with Crippen LogP contribution < -0.4 is 10.6 Å². The van der Waals surface area contributed by atoms with E-state index in [1.807, 2.05) is 48.7 Å². The van der Waals surface area contributed by atoms with Gasteiger partial charge in [-0.2, -0.15) is 0 Å². The Hall–Kier alpha value is -4.72. The van der Waals surface area contributed by atoms with Crippen LogP contribution in [0.1, 0.15) is 63.0 Å². The lowest BCUT2D eigenvalue weighted by molar-refractivity contribution is -0.108. The summed E-state index contributed by atoms with van der Waals surface area (Å²) in [7, 11) is 0. The number of carbonyl (C=O) groups is 3. The molecule has 0 atom stereocenters. The summed E-state index contributed by atoms with van der Waals surface area (Å²) in [4.78, 5) is 37.8. The number of hydrogen-bond acceptors (Lipinski definition) is 4. The van der Waals surface area contributed by atoms with E-state index < -0.39 is 11.7 Å². The van der Waals surface area contributed by atoms with Crippen molar-refractivity contribution in [1.82, 2.24) is 4.57 Å². The van der Waals surface area contributed by atoms with E-state index in [0.717, 1.165) is 28.8 Å². The summed E-state index contributed by atoms with van der Waals surface area (Å²) >= 11 is 0. The zero-order valence-electron chi connectivity index (χ0n) is 24.5. The highest BCUT2D eigenvalue weighted by atomic mass is 19.1. The fourth-order valence-corrected chi connectivity index (χ4v) is 4.93. The maximum Gasteiger partial charge on any atom is 0.412 e. The van der Waals surface area contributed by atoms with Crippen molar-refractivity contribution in [3.63, 3.8) is 0 Å². The van der Waals surface area contributed by atoms with Crippen molar-refractivity contribution >= 4 is 29.7 Å². The maximum absolute atomic E-state index is 14.1. The number of benzene rings is 3. The molecule has 0 unspecified atom stereocenters. The van der Waals surface area contributed by atoms with Crippen molar-refractivity contribution in [3.05, 3.63) is 95.9 Å². The Kier molecular flexibility index (Phi) is 9.25. The van der Waals surface area contributed by atoms with Crippen LogP contribution in [0.5, 0.6) is 0 Å². The number of aromatic nitrogens is 1. The molecule has 0 radical (unpaired) electrons. The Morgan fingerprint density at radius 1 is 0.881 bits per heavy atom. The molecule has 7 nitrogen and oxygen atoms in total. The summed E-state index contributed by atoms with van der Waals surface area (Å²) in [6.45, 7) is 9.73. The number of nitrogens with one attached hydrogen (secondary N) is 2. The monoisotopic (exact) mass is 569 g/mol. The van der Waals surface area contributed by atoms with Crippen LogP contribution in [0.25, 0.3) is 22.4 Å². The highest BCUT2D eigenvalue weighted by molar-refractivity contribution is 6.12.